The quantitative estimate of drug-likeness (QED) is 0.370. The van der Waals surface area contributed by atoms with Crippen molar-refractivity contribution < 1.29 is 14.3 Å². The third-order valence-electron chi connectivity index (χ3n) is 5.71. The molecule has 0 aliphatic heterocycles. The zero-order chi connectivity index (χ0) is 24.5. The first-order valence-corrected chi connectivity index (χ1v) is 11.7. The van der Waals surface area contributed by atoms with Gasteiger partial charge in [-0.15, -0.1) is 0 Å². The summed E-state index contributed by atoms with van der Waals surface area (Å²) >= 11 is 0. The average Bonchev–Trinajstić information content (AvgIpc) is 3.50. The lowest BCUT2D eigenvalue weighted by molar-refractivity contribution is -0.117. The van der Waals surface area contributed by atoms with Gasteiger partial charge in [0.15, 0.2) is 0 Å². The van der Waals surface area contributed by atoms with Crippen molar-refractivity contribution >= 4 is 17.8 Å². The van der Waals surface area contributed by atoms with Gasteiger partial charge in [0.2, 0.25) is 5.91 Å². The topological polar surface area (TPSA) is 62.2 Å². The molecule has 1 amide bonds. The number of allylic oxidation sites excluding steroid dienone is 6. The highest BCUT2D eigenvalue weighted by Gasteiger charge is 2.43. The third-order valence-corrected chi connectivity index (χ3v) is 5.71. The summed E-state index contributed by atoms with van der Waals surface area (Å²) in [6, 6.07) is 1.81. The van der Waals surface area contributed by atoms with Gasteiger partial charge < -0.3 is 10.4 Å². The van der Waals surface area contributed by atoms with Crippen LogP contribution < -0.4 is 5.32 Å². The molecule has 1 aromatic heterocycles. The molecule has 0 spiro atoms. The SMILES string of the molecule is C=C(\C=C(C)/C(=C\C)C(/C=C/CC)=C/c1cnc(NC(=O)C2CC2F)cc1C)C(O)CCC. The Bertz CT molecular complexity index is 988. The van der Waals surface area contributed by atoms with Gasteiger partial charge in [-0.2, -0.15) is 0 Å². The van der Waals surface area contributed by atoms with Crippen LogP contribution in [-0.2, 0) is 4.79 Å². The van der Waals surface area contributed by atoms with Crippen LogP contribution in [0.5, 0.6) is 0 Å². The molecule has 2 rings (SSSR count). The van der Waals surface area contributed by atoms with Crippen LogP contribution in [-0.4, -0.2) is 28.3 Å². The van der Waals surface area contributed by atoms with E-state index in [9.17, 15) is 14.3 Å². The number of amides is 1. The zero-order valence-corrected chi connectivity index (χ0v) is 20.5. The van der Waals surface area contributed by atoms with E-state index in [1.54, 1.807) is 6.20 Å². The second kappa shape index (κ2) is 12.4. The summed E-state index contributed by atoms with van der Waals surface area (Å²) in [4.78, 5) is 16.4. The fourth-order valence-electron chi connectivity index (χ4n) is 3.60. The number of pyridine rings is 1. The van der Waals surface area contributed by atoms with E-state index in [4.69, 9.17) is 0 Å². The minimum Gasteiger partial charge on any atom is -0.388 e. The molecule has 2 N–H and O–H groups in total. The average molecular weight is 453 g/mol. The number of hydrogen-bond donors (Lipinski definition) is 2. The molecule has 1 heterocycles. The molecule has 1 fully saturated rings. The van der Waals surface area contributed by atoms with Gasteiger partial charge in [0.05, 0.1) is 12.0 Å². The number of nitrogens with zero attached hydrogens (tertiary/aromatic N) is 1. The number of aromatic nitrogens is 1. The first-order valence-electron chi connectivity index (χ1n) is 11.7. The maximum atomic E-state index is 13.1. The van der Waals surface area contributed by atoms with Crippen molar-refractivity contribution in [2.45, 2.75) is 72.6 Å². The Morgan fingerprint density at radius 3 is 2.67 bits per heavy atom. The molecule has 1 saturated carbocycles. The van der Waals surface area contributed by atoms with Crippen molar-refractivity contribution in [3.8, 4) is 0 Å². The fraction of sp³-hybridized carbons (Fsp3) is 0.429. The molecule has 178 valence electrons. The number of carbonyl (C=O) groups is 1. The number of aliphatic hydroxyl groups excluding tert-OH is 1. The summed E-state index contributed by atoms with van der Waals surface area (Å²) < 4.78 is 13.1. The van der Waals surface area contributed by atoms with Gasteiger partial charge >= 0.3 is 0 Å². The van der Waals surface area contributed by atoms with Gasteiger partial charge in [-0.05, 0) is 85.6 Å². The van der Waals surface area contributed by atoms with Crippen molar-refractivity contribution in [3.63, 3.8) is 0 Å². The van der Waals surface area contributed by atoms with Gasteiger partial charge in [0, 0.05) is 6.20 Å². The van der Waals surface area contributed by atoms with Crippen LogP contribution in [0.15, 0.2) is 65.4 Å². The lowest BCUT2D eigenvalue weighted by Crippen LogP contribution is -2.16. The Kier molecular flexibility index (Phi) is 9.98. The van der Waals surface area contributed by atoms with E-state index < -0.39 is 18.2 Å². The van der Waals surface area contributed by atoms with Crippen LogP contribution in [0.3, 0.4) is 0 Å². The maximum absolute atomic E-state index is 13.1. The van der Waals surface area contributed by atoms with E-state index in [-0.39, 0.29) is 5.91 Å². The van der Waals surface area contributed by atoms with Gasteiger partial charge in [-0.3, -0.25) is 4.79 Å². The van der Waals surface area contributed by atoms with Gasteiger partial charge in [-0.1, -0.05) is 51.2 Å². The number of halogens is 1. The smallest absolute Gasteiger partial charge is 0.231 e. The Morgan fingerprint density at radius 1 is 1.42 bits per heavy atom. The number of carbonyl (C=O) groups excluding carboxylic acids is 1. The number of aryl methyl sites for hydroxylation is 1. The van der Waals surface area contributed by atoms with Gasteiger partial charge in [0.25, 0.3) is 0 Å². The Morgan fingerprint density at radius 2 is 2.12 bits per heavy atom. The van der Waals surface area contributed by atoms with E-state index in [1.807, 2.05) is 39.8 Å². The standard InChI is InChI=1S/C28H37FN2O2/c1-7-10-12-21(23(9-3)19(5)13-20(6)26(32)11-8-2)15-22-17-30-27(14-18(22)4)31-28(33)24-16-25(24)29/h9-10,12-15,17,24-26,32H,6-8,11,16H2,1-5H3,(H,30,31,33)/b12-10+,19-13-,21-15+,23-9+. The van der Waals surface area contributed by atoms with Crippen molar-refractivity contribution in [2.75, 3.05) is 5.32 Å². The van der Waals surface area contributed by atoms with Gasteiger partial charge in [-0.25, -0.2) is 9.37 Å². The second-order valence-electron chi connectivity index (χ2n) is 8.59. The van der Waals surface area contributed by atoms with E-state index in [1.165, 1.54) is 0 Å². The fourth-order valence-corrected chi connectivity index (χ4v) is 3.60. The lowest BCUT2D eigenvalue weighted by atomic mass is 9.93. The Balaban J connectivity index is 2.32. The summed E-state index contributed by atoms with van der Waals surface area (Å²) in [7, 11) is 0. The molecule has 1 aliphatic rings. The number of nitrogens with one attached hydrogen (secondary N) is 1. The predicted molar refractivity (Wildman–Crippen MR) is 136 cm³/mol. The van der Waals surface area contributed by atoms with E-state index >= 15 is 0 Å². The summed E-state index contributed by atoms with van der Waals surface area (Å²) in [5.41, 5.74) is 5.67. The highest BCUT2D eigenvalue weighted by molar-refractivity contribution is 5.94. The van der Waals surface area contributed by atoms with Crippen LogP contribution in [0.4, 0.5) is 10.2 Å². The molecule has 0 aromatic carbocycles. The number of aliphatic hydroxyl groups is 1. The molecule has 0 saturated heterocycles. The van der Waals surface area contributed by atoms with E-state index in [2.05, 4.69) is 48.1 Å². The Hall–Kier alpha value is -2.79. The molecule has 0 bridgehead atoms. The first-order chi connectivity index (χ1) is 15.7. The number of alkyl halides is 1. The van der Waals surface area contributed by atoms with Crippen molar-refractivity contribution in [2.24, 2.45) is 5.92 Å². The van der Waals surface area contributed by atoms with E-state index in [0.717, 1.165) is 40.7 Å². The van der Waals surface area contributed by atoms with Crippen LogP contribution in [0, 0.1) is 12.8 Å². The first kappa shape index (κ1) is 26.5. The van der Waals surface area contributed by atoms with Crippen LogP contribution in [0.1, 0.15) is 64.5 Å². The number of anilines is 1. The summed E-state index contributed by atoms with van der Waals surface area (Å²) in [6.45, 7) is 14.1. The zero-order valence-electron chi connectivity index (χ0n) is 20.5. The van der Waals surface area contributed by atoms with Crippen LogP contribution >= 0.6 is 0 Å². The van der Waals surface area contributed by atoms with Crippen molar-refractivity contribution in [1.29, 1.82) is 0 Å². The lowest BCUT2D eigenvalue weighted by Gasteiger charge is -2.14. The molecule has 33 heavy (non-hydrogen) atoms. The van der Waals surface area contributed by atoms with Crippen LogP contribution in [0.2, 0.25) is 0 Å². The normalized spacial score (nSPS) is 20.2. The number of hydrogen-bond acceptors (Lipinski definition) is 3. The summed E-state index contributed by atoms with van der Waals surface area (Å²) in [6.07, 6.45) is 13.2. The predicted octanol–water partition coefficient (Wildman–Crippen LogP) is 6.65. The largest absolute Gasteiger partial charge is 0.388 e. The molecular formula is C28H37FN2O2. The van der Waals surface area contributed by atoms with Crippen LogP contribution in [0.25, 0.3) is 6.08 Å². The third kappa shape index (κ3) is 7.64. The summed E-state index contributed by atoms with van der Waals surface area (Å²) in [5.74, 6) is -0.426. The minimum atomic E-state index is -1.03. The number of rotatable bonds is 11. The molecule has 5 heteroatoms. The molecular weight excluding hydrogens is 415 g/mol. The summed E-state index contributed by atoms with van der Waals surface area (Å²) in [5, 5.41) is 13.0. The monoisotopic (exact) mass is 452 g/mol. The molecule has 4 nitrogen and oxygen atoms in total. The molecule has 1 aromatic rings. The highest BCUT2D eigenvalue weighted by atomic mass is 19.1. The maximum Gasteiger partial charge on any atom is 0.231 e. The Labute approximate surface area is 197 Å². The minimum absolute atomic E-state index is 0.291. The molecule has 3 unspecified atom stereocenters. The van der Waals surface area contributed by atoms with E-state index in [0.29, 0.717) is 24.2 Å². The second-order valence-corrected chi connectivity index (χ2v) is 8.59. The molecule has 1 aliphatic carbocycles. The van der Waals surface area contributed by atoms with Gasteiger partial charge in [0.1, 0.15) is 12.0 Å². The molecule has 3 atom stereocenters. The molecule has 0 radical (unpaired) electrons. The van der Waals surface area contributed by atoms with Crippen molar-refractivity contribution in [1.82, 2.24) is 4.98 Å². The highest BCUT2D eigenvalue weighted by Crippen LogP contribution is 2.34. The van der Waals surface area contributed by atoms with Crippen molar-refractivity contribution in [3.05, 3.63) is 76.6 Å².